The van der Waals surface area contributed by atoms with Crippen LogP contribution in [0.4, 0.5) is 0 Å². The minimum atomic E-state index is -0.598. The lowest BCUT2D eigenvalue weighted by atomic mass is 9.84. The number of nitrogens with zero attached hydrogens (tertiary/aromatic N) is 3. The van der Waals surface area contributed by atoms with Gasteiger partial charge in [0.15, 0.2) is 0 Å². The van der Waals surface area contributed by atoms with Gasteiger partial charge in [0, 0.05) is 43.0 Å². The van der Waals surface area contributed by atoms with Gasteiger partial charge in [-0.1, -0.05) is 23.7 Å². The van der Waals surface area contributed by atoms with Gasteiger partial charge in [0.25, 0.3) is 5.56 Å². The van der Waals surface area contributed by atoms with Crippen LogP contribution in [0.15, 0.2) is 46.6 Å². The third-order valence-corrected chi connectivity index (χ3v) is 5.89. The molecule has 156 valence electrons. The lowest BCUT2D eigenvalue weighted by Crippen LogP contribution is -2.40. The van der Waals surface area contributed by atoms with E-state index in [2.05, 4.69) is 11.0 Å². The third-order valence-electron chi connectivity index (χ3n) is 5.64. The molecule has 2 aromatic rings. The van der Waals surface area contributed by atoms with E-state index in [1.807, 2.05) is 25.1 Å². The van der Waals surface area contributed by atoms with Crippen molar-refractivity contribution < 1.29 is 9.47 Å². The van der Waals surface area contributed by atoms with Crippen molar-refractivity contribution in [2.75, 3.05) is 32.8 Å². The maximum atomic E-state index is 13.6. The number of hydrogen-bond donors (Lipinski definition) is 1. The summed E-state index contributed by atoms with van der Waals surface area (Å²) in [4.78, 5) is 15.8. The second-order valence-electron chi connectivity index (χ2n) is 7.45. The van der Waals surface area contributed by atoms with Gasteiger partial charge in [-0.25, -0.2) is 0 Å². The predicted octanol–water partition coefficient (Wildman–Crippen LogP) is 2.36. The van der Waals surface area contributed by atoms with Crippen LogP contribution in [0.25, 0.3) is 0 Å². The first-order valence-corrected chi connectivity index (χ1v) is 10.2. The summed E-state index contributed by atoms with van der Waals surface area (Å²) in [5.74, 6) is -0.176. The minimum absolute atomic E-state index is 0.0230. The monoisotopic (exact) mass is 426 g/mol. The number of aromatic nitrogens is 1. The van der Waals surface area contributed by atoms with Crippen LogP contribution in [0.2, 0.25) is 5.02 Å². The number of benzene rings is 1. The van der Waals surface area contributed by atoms with Gasteiger partial charge in [-0.2, -0.15) is 5.26 Å². The van der Waals surface area contributed by atoms with Crippen molar-refractivity contribution >= 4 is 11.6 Å². The zero-order valence-corrected chi connectivity index (χ0v) is 17.5. The number of pyridine rings is 1. The highest BCUT2D eigenvalue weighted by Gasteiger charge is 2.34. The molecule has 2 N–H and O–H groups in total. The van der Waals surface area contributed by atoms with Gasteiger partial charge in [0.1, 0.15) is 17.4 Å². The van der Waals surface area contributed by atoms with E-state index >= 15 is 0 Å². The SMILES string of the molecule is Cc1cc2c(c(=O)n1CCN1CCOCC1)[C@H](c1ccc(Cl)cc1)C(C#N)=C(N)O2. The van der Waals surface area contributed by atoms with Crippen molar-refractivity contribution in [2.45, 2.75) is 19.4 Å². The normalized spacial score (nSPS) is 19.2. The number of rotatable bonds is 4. The maximum Gasteiger partial charge on any atom is 0.258 e. The van der Waals surface area contributed by atoms with E-state index in [4.69, 9.17) is 26.8 Å². The van der Waals surface area contributed by atoms with Crippen molar-refractivity contribution in [1.82, 2.24) is 9.47 Å². The molecule has 8 heteroatoms. The Morgan fingerprint density at radius 3 is 2.60 bits per heavy atom. The van der Waals surface area contributed by atoms with Crippen molar-refractivity contribution in [2.24, 2.45) is 5.73 Å². The van der Waals surface area contributed by atoms with Crippen molar-refractivity contribution in [3.05, 3.63) is 74.0 Å². The topological polar surface area (TPSA) is 93.5 Å². The Hall–Kier alpha value is -2.79. The summed E-state index contributed by atoms with van der Waals surface area (Å²) in [6.45, 7) is 6.30. The molecule has 2 aliphatic rings. The average molecular weight is 427 g/mol. The lowest BCUT2D eigenvalue weighted by Gasteiger charge is -2.29. The van der Waals surface area contributed by atoms with Crippen LogP contribution < -0.4 is 16.0 Å². The predicted molar refractivity (Wildman–Crippen MR) is 113 cm³/mol. The van der Waals surface area contributed by atoms with E-state index in [0.29, 0.717) is 36.1 Å². The molecule has 3 heterocycles. The molecule has 1 atom stereocenters. The Morgan fingerprint density at radius 1 is 1.23 bits per heavy atom. The van der Waals surface area contributed by atoms with Crippen LogP contribution in [-0.2, 0) is 11.3 Å². The first-order valence-electron chi connectivity index (χ1n) is 9.87. The molecule has 2 aliphatic heterocycles. The van der Waals surface area contributed by atoms with Crippen molar-refractivity contribution in [3.8, 4) is 11.8 Å². The van der Waals surface area contributed by atoms with Crippen molar-refractivity contribution in [3.63, 3.8) is 0 Å². The van der Waals surface area contributed by atoms with Gasteiger partial charge in [-0.15, -0.1) is 0 Å². The molecule has 1 fully saturated rings. The Labute approximate surface area is 179 Å². The summed E-state index contributed by atoms with van der Waals surface area (Å²) in [5.41, 5.74) is 8.08. The number of nitrogens with two attached hydrogens (primary N) is 1. The largest absolute Gasteiger partial charge is 0.440 e. The Morgan fingerprint density at radius 2 is 1.93 bits per heavy atom. The smallest absolute Gasteiger partial charge is 0.258 e. The van der Waals surface area contributed by atoms with Gasteiger partial charge >= 0.3 is 0 Å². The fourth-order valence-electron chi connectivity index (χ4n) is 4.02. The number of hydrogen-bond acceptors (Lipinski definition) is 6. The standard InChI is InChI=1S/C22H23ClN4O3/c1-14-12-18-20(22(28)27(14)7-6-26-8-10-29-11-9-26)19(17(13-24)21(25)30-18)15-2-4-16(23)5-3-15/h2-5,12,19H,6-11,25H2,1H3/t19-/m1/s1. The second-order valence-corrected chi connectivity index (χ2v) is 7.89. The molecule has 0 saturated carbocycles. The molecule has 0 unspecified atom stereocenters. The van der Waals surface area contributed by atoms with Crippen LogP contribution in [0.3, 0.4) is 0 Å². The van der Waals surface area contributed by atoms with E-state index in [0.717, 1.165) is 30.9 Å². The summed E-state index contributed by atoms with van der Waals surface area (Å²) in [6.07, 6.45) is 0. The van der Waals surface area contributed by atoms with E-state index in [1.54, 1.807) is 16.7 Å². The number of ether oxygens (including phenoxy) is 2. The highest BCUT2D eigenvalue weighted by atomic mass is 35.5. The van der Waals surface area contributed by atoms with Gasteiger partial charge in [-0.05, 0) is 24.6 Å². The highest BCUT2D eigenvalue weighted by molar-refractivity contribution is 6.30. The van der Waals surface area contributed by atoms with E-state index in [1.165, 1.54) is 0 Å². The first-order chi connectivity index (χ1) is 14.5. The fraction of sp³-hybridized carbons (Fsp3) is 0.364. The number of morpholine rings is 1. The summed E-state index contributed by atoms with van der Waals surface area (Å²) in [6, 6.07) is 11.0. The number of aryl methyl sites for hydroxylation is 1. The van der Waals surface area contributed by atoms with Crippen LogP contribution in [-0.4, -0.2) is 42.3 Å². The molecule has 0 spiro atoms. The molecule has 30 heavy (non-hydrogen) atoms. The van der Waals surface area contributed by atoms with Crippen LogP contribution in [0.1, 0.15) is 22.7 Å². The molecule has 0 aliphatic carbocycles. The van der Waals surface area contributed by atoms with Crippen molar-refractivity contribution in [1.29, 1.82) is 5.26 Å². The summed E-state index contributed by atoms with van der Waals surface area (Å²) >= 11 is 6.04. The van der Waals surface area contributed by atoms with E-state index in [-0.39, 0.29) is 17.0 Å². The zero-order chi connectivity index (χ0) is 21.3. The zero-order valence-electron chi connectivity index (χ0n) is 16.7. The Balaban J connectivity index is 1.77. The fourth-order valence-corrected chi connectivity index (χ4v) is 4.14. The number of halogens is 1. The molecular weight excluding hydrogens is 404 g/mol. The second kappa shape index (κ2) is 8.52. The number of fused-ring (bicyclic) bond motifs is 1. The quantitative estimate of drug-likeness (QED) is 0.806. The lowest BCUT2D eigenvalue weighted by molar-refractivity contribution is 0.0362. The number of allylic oxidation sites excluding steroid dienone is 1. The maximum absolute atomic E-state index is 13.6. The highest BCUT2D eigenvalue weighted by Crippen LogP contribution is 2.40. The molecule has 0 radical (unpaired) electrons. The van der Waals surface area contributed by atoms with Crippen LogP contribution >= 0.6 is 11.6 Å². The number of nitriles is 1. The van der Waals surface area contributed by atoms with Gasteiger partial charge in [0.05, 0.1) is 24.7 Å². The Kier molecular flexibility index (Phi) is 5.82. The molecule has 1 aromatic heterocycles. The third kappa shape index (κ3) is 3.82. The van der Waals surface area contributed by atoms with Crippen LogP contribution in [0, 0.1) is 18.3 Å². The van der Waals surface area contributed by atoms with Gasteiger partial charge in [-0.3, -0.25) is 9.69 Å². The summed E-state index contributed by atoms with van der Waals surface area (Å²) in [5, 5.41) is 10.3. The molecule has 0 bridgehead atoms. The average Bonchev–Trinajstić information content (AvgIpc) is 2.74. The molecule has 4 rings (SSSR count). The Bertz CT molecular complexity index is 1080. The van der Waals surface area contributed by atoms with Gasteiger partial charge < -0.3 is 19.8 Å². The summed E-state index contributed by atoms with van der Waals surface area (Å²) in [7, 11) is 0. The summed E-state index contributed by atoms with van der Waals surface area (Å²) < 4.78 is 12.8. The minimum Gasteiger partial charge on any atom is -0.440 e. The van der Waals surface area contributed by atoms with Crippen LogP contribution in [0.5, 0.6) is 5.75 Å². The molecule has 0 amide bonds. The molecule has 1 saturated heterocycles. The van der Waals surface area contributed by atoms with E-state index < -0.39 is 5.92 Å². The molecule has 1 aromatic carbocycles. The molecular formula is C22H23ClN4O3. The molecule has 7 nitrogen and oxygen atoms in total. The first kappa shape index (κ1) is 20.5. The van der Waals surface area contributed by atoms with E-state index in [9.17, 15) is 10.1 Å². The van der Waals surface area contributed by atoms with Gasteiger partial charge in [0.2, 0.25) is 5.88 Å².